The predicted octanol–water partition coefficient (Wildman–Crippen LogP) is 1.88. The molecule has 4 N–H and O–H groups in total. The number of nitrogens with one attached hydrogen (secondary N) is 2. The van der Waals surface area contributed by atoms with Crippen LogP contribution in [0.5, 0.6) is 11.5 Å². The average Bonchev–Trinajstić information content (AvgIpc) is 2.99. The minimum atomic E-state index is 0.355. The Morgan fingerprint density at radius 2 is 1.90 bits per heavy atom. The Labute approximate surface area is 119 Å². The predicted molar refractivity (Wildman–Crippen MR) is 80.2 cm³/mol. The van der Waals surface area contributed by atoms with Crippen molar-refractivity contribution in [1.29, 1.82) is 0 Å². The maximum absolute atomic E-state index is 5.53. The molecule has 1 aliphatic carbocycles. The summed E-state index contributed by atoms with van der Waals surface area (Å²) < 4.78 is 10.5. The van der Waals surface area contributed by atoms with E-state index in [9.17, 15) is 0 Å². The molecule has 0 saturated heterocycles. The third-order valence-electron chi connectivity index (χ3n) is 3.42. The van der Waals surface area contributed by atoms with Crippen LogP contribution in [0.4, 0.5) is 5.69 Å². The topological polar surface area (TPSA) is 80.9 Å². The Bertz CT molecular complexity index is 470. The molecular formula is C14H22N4O2. The number of hydrogen-bond donors (Lipinski definition) is 3. The van der Waals surface area contributed by atoms with Gasteiger partial charge in [-0.2, -0.15) is 0 Å². The van der Waals surface area contributed by atoms with E-state index in [1.807, 2.05) is 18.2 Å². The number of aliphatic imine (C=N–C) groups is 1. The van der Waals surface area contributed by atoms with Gasteiger partial charge in [-0.3, -0.25) is 5.43 Å². The van der Waals surface area contributed by atoms with E-state index in [4.69, 9.17) is 15.3 Å². The summed E-state index contributed by atoms with van der Waals surface area (Å²) in [6, 6.07) is 5.93. The minimum absolute atomic E-state index is 0.355. The summed E-state index contributed by atoms with van der Waals surface area (Å²) in [7, 11) is 3.22. The maximum atomic E-state index is 5.53. The highest BCUT2D eigenvalue weighted by Gasteiger charge is 2.14. The van der Waals surface area contributed by atoms with Crippen LogP contribution < -0.4 is 26.1 Å². The van der Waals surface area contributed by atoms with E-state index in [-0.39, 0.29) is 0 Å². The van der Waals surface area contributed by atoms with E-state index < -0.39 is 0 Å². The summed E-state index contributed by atoms with van der Waals surface area (Å²) >= 11 is 0. The van der Waals surface area contributed by atoms with E-state index in [0.717, 1.165) is 18.5 Å². The van der Waals surface area contributed by atoms with Crippen molar-refractivity contribution in [2.45, 2.75) is 31.7 Å². The molecule has 0 bridgehead atoms. The van der Waals surface area contributed by atoms with Crippen molar-refractivity contribution in [2.75, 3.05) is 19.5 Å². The summed E-state index contributed by atoms with van der Waals surface area (Å²) in [6.07, 6.45) is 4.72. The van der Waals surface area contributed by atoms with Gasteiger partial charge in [0.25, 0.3) is 0 Å². The fraction of sp³-hybridized carbons (Fsp3) is 0.500. The van der Waals surface area contributed by atoms with Crippen molar-refractivity contribution in [1.82, 2.24) is 5.43 Å². The van der Waals surface area contributed by atoms with E-state index in [1.54, 1.807) is 14.2 Å². The molecule has 2 rings (SSSR count). The van der Waals surface area contributed by atoms with Crippen molar-refractivity contribution in [3.05, 3.63) is 18.2 Å². The van der Waals surface area contributed by atoms with Crippen LogP contribution in [-0.4, -0.2) is 26.2 Å². The summed E-state index contributed by atoms with van der Waals surface area (Å²) in [5, 5.41) is 3.16. The monoisotopic (exact) mass is 278 g/mol. The molecule has 0 radical (unpaired) electrons. The number of benzene rings is 1. The van der Waals surface area contributed by atoms with Crippen LogP contribution >= 0.6 is 0 Å². The molecule has 0 unspecified atom stereocenters. The van der Waals surface area contributed by atoms with Gasteiger partial charge in [0.1, 0.15) is 0 Å². The second-order valence-corrected chi connectivity index (χ2v) is 4.76. The first-order valence-electron chi connectivity index (χ1n) is 6.80. The van der Waals surface area contributed by atoms with E-state index >= 15 is 0 Å². The molecule has 6 nitrogen and oxygen atoms in total. The lowest BCUT2D eigenvalue weighted by atomic mass is 10.2. The summed E-state index contributed by atoms with van der Waals surface area (Å²) in [5.41, 5.74) is 3.46. The molecule has 1 saturated carbocycles. The zero-order valence-electron chi connectivity index (χ0n) is 12.0. The van der Waals surface area contributed by atoms with Crippen molar-refractivity contribution < 1.29 is 9.47 Å². The van der Waals surface area contributed by atoms with Crippen molar-refractivity contribution in [3.8, 4) is 11.5 Å². The smallest absolute Gasteiger partial charge is 0.210 e. The number of hydrogen-bond acceptors (Lipinski definition) is 4. The van der Waals surface area contributed by atoms with Gasteiger partial charge in [0.2, 0.25) is 5.96 Å². The molecule has 0 heterocycles. The van der Waals surface area contributed by atoms with Gasteiger partial charge in [0.05, 0.1) is 20.3 Å². The lowest BCUT2D eigenvalue weighted by Crippen LogP contribution is -2.37. The zero-order valence-corrected chi connectivity index (χ0v) is 12.0. The molecular weight excluding hydrogens is 256 g/mol. The molecule has 1 fully saturated rings. The Morgan fingerprint density at radius 1 is 1.20 bits per heavy atom. The number of guanidine groups is 1. The number of hydrazine groups is 1. The fourth-order valence-electron chi connectivity index (χ4n) is 2.37. The first-order valence-corrected chi connectivity index (χ1v) is 6.80. The van der Waals surface area contributed by atoms with Gasteiger partial charge >= 0.3 is 0 Å². The molecule has 1 aromatic carbocycles. The van der Waals surface area contributed by atoms with Gasteiger partial charge in [0, 0.05) is 11.8 Å². The number of methoxy groups -OCH3 is 2. The Kier molecular flexibility index (Phi) is 5.06. The Hall–Kier alpha value is -1.95. The zero-order chi connectivity index (χ0) is 14.4. The fourth-order valence-corrected chi connectivity index (χ4v) is 2.37. The molecule has 1 aliphatic rings. The molecule has 110 valence electrons. The van der Waals surface area contributed by atoms with Gasteiger partial charge in [0.15, 0.2) is 11.5 Å². The number of ether oxygens (including phenoxy) is 2. The van der Waals surface area contributed by atoms with Crippen LogP contribution in [0.1, 0.15) is 25.7 Å². The molecule has 0 atom stereocenters. The third kappa shape index (κ3) is 3.54. The average molecular weight is 278 g/mol. The van der Waals surface area contributed by atoms with Gasteiger partial charge in [-0.15, -0.1) is 0 Å². The maximum Gasteiger partial charge on any atom is 0.210 e. The first kappa shape index (κ1) is 14.5. The van der Waals surface area contributed by atoms with Crippen LogP contribution in [0.15, 0.2) is 23.2 Å². The quantitative estimate of drug-likeness (QED) is 0.339. The molecule has 0 aliphatic heterocycles. The number of nitrogens with zero attached hydrogens (tertiary/aromatic N) is 1. The van der Waals surface area contributed by atoms with E-state index in [2.05, 4.69) is 15.7 Å². The van der Waals surface area contributed by atoms with Crippen molar-refractivity contribution in [3.63, 3.8) is 0 Å². The van der Waals surface area contributed by atoms with E-state index in [0.29, 0.717) is 23.5 Å². The van der Waals surface area contributed by atoms with Gasteiger partial charge in [-0.1, -0.05) is 12.8 Å². The van der Waals surface area contributed by atoms with Crippen molar-refractivity contribution in [2.24, 2.45) is 10.8 Å². The van der Waals surface area contributed by atoms with Crippen LogP contribution in [0.25, 0.3) is 0 Å². The number of nitrogens with two attached hydrogens (primary N) is 1. The van der Waals surface area contributed by atoms with Gasteiger partial charge in [-0.05, 0) is 25.0 Å². The molecule has 0 spiro atoms. The summed E-state index contributed by atoms with van der Waals surface area (Å²) in [6.45, 7) is 0. The number of anilines is 1. The normalized spacial score (nSPS) is 16.1. The third-order valence-corrected chi connectivity index (χ3v) is 3.42. The Morgan fingerprint density at radius 3 is 2.50 bits per heavy atom. The van der Waals surface area contributed by atoms with Crippen LogP contribution in [0.3, 0.4) is 0 Å². The van der Waals surface area contributed by atoms with Crippen LogP contribution in [0, 0.1) is 0 Å². The molecule has 1 aromatic rings. The summed E-state index contributed by atoms with van der Waals surface area (Å²) in [4.78, 5) is 4.58. The largest absolute Gasteiger partial charge is 0.493 e. The van der Waals surface area contributed by atoms with Crippen molar-refractivity contribution >= 4 is 11.6 Å². The second kappa shape index (κ2) is 7.00. The lowest BCUT2D eigenvalue weighted by molar-refractivity contribution is 0.355. The highest BCUT2D eigenvalue weighted by atomic mass is 16.5. The second-order valence-electron chi connectivity index (χ2n) is 4.76. The van der Waals surface area contributed by atoms with Gasteiger partial charge < -0.3 is 14.8 Å². The highest BCUT2D eigenvalue weighted by molar-refractivity contribution is 5.93. The van der Waals surface area contributed by atoms with Crippen LogP contribution in [0.2, 0.25) is 0 Å². The lowest BCUT2D eigenvalue weighted by Gasteiger charge is -2.14. The highest BCUT2D eigenvalue weighted by Crippen LogP contribution is 2.29. The molecule has 20 heavy (non-hydrogen) atoms. The summed E-state index contributed by atoms with van der Waals surface area (Å²) in [5.74, 6) is 7.45. The standard InChI is InChI=1S/C14H22N4O2/c1-19-12-8-7-11(9-13(12)20-2)17-14(18-15)16-10-5-3-4-6-10/h7-10H,3-6,15H2,1-2H3,(H2,16,17,18). The van der Waals surface area contributed by atoms with Crippen LogP contribution in [-0.2, 0) is 0 Å². The molecule has 6 heteroatoms. The molecule has 0 amide bonds. The SMILES string of the molecule is COc1ccc(NC(=NC2CCCC2)NN)cc1OC. The number of rotatable bonds is 4. The molecule has 0 aromatic heterocycles. The minimum Gasteiger partial charge on any atom is -0.493 e. The van der Waals surface area contributed by atoms with E-state index in [1.165, 1.54) is 12.8 Å². The Balaban J connectivity index is 2.10. The first-order chi connectivity index (χ1) is 9.76. The van der Waals surface area contributed by atoms with Gasteiger partial charge in [-0.25, -0.2) is 10.8 Å².